The van der Waals surface area contributed by atoms with Crippen LogP contribution in [-0.2, 0) is 13.0 Å². The molecule has 4 nitrogen and oxygen atoms in total. The maximum atomic E-state index is 4.79. The first-order valence-corrected chi connectivity index (χ1v) is 8.23. The Morgan fingerprint density at radius 3 is 2.95 bits per heavy atom. The van der Waals surface area contributed by atoms with Gasteiger partial charge in [0.25, 0.3) is 0 Å². The molecule has 1 atom stereocenters. The number of nitrogens with zero attached hydrogens (tertiary/aromatic N) is 4. The number of aryl methyl sites for hydroxylation is 1. The molecule has 1 aliphatic rings. The Labute approximate surface area is 127 Å². The van der Waals surface area contributed by atoms with Gasteiger partial charge in [-0.1, -0.05) is 6.92 Å². The molecule has 2 aromatic rings. The molecule has 1 unspecified atom stereocenters. The van der Waals surface area contributed by atoms with Crippen molar-refractivity contribution in [3.8, 4) is 0 Å². The fourth-order valence-corrected chi connectivity index (χ4v) is 3.35. The average Bonchev–Trinajstić information content (AvgIpc) is 3.06. The Kier molecular flexibility index (Phi) is 4.24. The summed E-state index contributed by atoms with van der Waals surface area (Å²) in [6.07, 6.45) is 5.34. The fraction of sp³-hybridized carbons (Fsp3) is 0.647. The zero-order chi connectivity index (χ0) is 14.8. The van der Waals surface area contributed by atoms with Crippen LogP contribution in [-0.4, -0.2) is 38.6 Å². The van der Waals surface area contributed by atoms with E-state index in [-0.39, 0.29) is 0 Å². The van der Waals surface area contributed by atoms with E-state index in [1.807, 2.05) is 12.3 Å². The van der Waals surface area contributed by atoms with Gasteiger partial charge in [-0.05, 0) is 51.3 Å². The molecule has 1 fully saturated rings. The fourth-order valence-electron chi connectivity index (χ4n) is 3.35. The molecule has 4 heteroatoms. The van der Waals surface area contributed by atoms with Crippen LogP contribution < -0.4 is 0 Å². The van der Waals surface area contributed by atoms with E-state index in [4.69, 9.17) is 4.98 Å². The molecular weight excluding hydrogens is 260 g/mol. The highest BCUT2D eigenvalue weighted by molar-refractivity contribution is 5.71. The average molecular weight is 286 g/mol. The molecule has 0 N–H and O–H groups in total. The van der Waals surface area contributed by atoms with Crippen LogP contribution in [0.25, 0.3) is 11.2 Å². The van der Waals surface area contributed by atoms with E-state index in [9.17, 15) is 0 Å². The monoisotopic (exact) mass is 286 g/mol. The van der Waals surface area contributed by atoms with E-state index in [1.54, 1.807) is 0 Å². The summed E-state index contributed by atoms with van der Waals surface area (Å²) in [5.41, 5.74) is 2.10. The first kappa shape index (κ1) is 14.5. The summed E-state index contributed by atoms with van der Waals surface area (Å²) in [4.78, 5) is 11.9. The zero-order valence-electron chi connectivity index (χ0n) is 13.4. The molecule has 3 rings (SSSR count). The number of pyridine rings is 1. The van der Waals surface area contributed by atoms with Crippen molar-refractivity contribution in [1.29, 1.82) is 0 Å². The predicted molar refractivity (Wildman–Crippen MR) is 86.3 cm³/mol. The van der Waals surface area contributed by atoms with Crippen LogP contribution in [0.3, 0.4) is 0 Å². The number of aromatic nitrogens is 3. The minimum atomic E-state index is 0.655. The van der Waals surface area contributed by atoms with E-state index in [0.717, 1.165) is 36.5 Å². The van der Waals surface area contributed by atoms with Gasteiger partial charge in [0.2, 0.25) is 0 Å². The molecule has 0 bridgehead atoms. The lowest BCUT2D eigenvalue weighted by Gasteiger charge is -2.20. The van der Waals surface area contributed by atoms with E-state index >= 15 is 0 Å². The second-order valence-corrected chi connectivity index (χ2v) is 6.48. The summed E-state index contributed by atoms with van der Waals surface area (Å²) < 4.78 is 2.37. The van der Waals surface area contributed by atoms with Gasteiger partial charge in [-0.25, -0.2) is 9.97 Å². The van der Waals surface area contributed by atoms with Gasteiger partial charge in [-0.15, -0.1) is 0 Å². The molecule has 0 amide bonds. The largest absolute Gasteiger partial charge is 0.312 e. The van der Waals surface area contributed by atoms with Crippen molar-refractivity contribution in [2.75, 3.05) is 13.1 Å². The maximum absolute atomic E-state index is 4.79. The summed E-state index contributed by atoms with van der Waals surface area (Å²) in [7, 11) is 0. The molecule has 114 valence electrons. The van der Waals surface area contributed by atoms with Crippen LogP contribution in [0.1, 0.15) is 39.4 Å². The van der Waals surface area contributed by atoms with E-state index in [1.165, 1.54) is 25.3 Å². The highest BCUT2D eigenvalue weighted by Crippen LogP contribution is 2.23. The third-order valence-corrected chi connectivity index (χ3v) is 4.54. The van der Waals surface area contributed by atoms with E-state index in [2.05, 4.69) is 41.3 Å². The number of imidazole rings is 1. The second-order valence-electron chi connectivity index (χ2n) is 6.48. The third kappa shape index (κ3) is 2.95. The molecule has 0 radical (unpaired) electrons. The van der Waals surface area contributed by atoms with Crippen molar-refractivity contribution >= 4 is 11.2 Å². The Balaban J connectivity index is 1.84. The Bertz CT molecular complexity index is 602. The van der Waals surface area contributed by atoms with Crippen molar-refractivity contribution in [3.63, 3.8) is 0 Å². The minimum absolute atomic E-state index is 0.655. The number of fused-ring (bicyclic) bond motifs is 1. The highest BCUT2D eigenvalue weighted by Gasteiger charge is 2.25. The van der Waals surface area contributed by atoms with Gasteiger partial charge in [0.05, 0.1) is 0 Å². The maximum Gasteiger partial charge on any atom is 0.159 e. The number of rotatable bonds is 5. The lowest BCUT2D eigenvalue weighted by Crippen LogP contribution is -2.29. The SMILES string of the molecule is CCCc1nc2cccnc2n1CC1CCN(C(C)C)C1. The van der Waals surface area contributed by atoms with Crippen LogP contribution in [0.2, 0.25) is 0 Å². The van der Waals surface area contributed by atoms with Crippen molar-refractivity contribution in [1.82, 2.24) is 19.4 Å². The van der Waals surface area contributed by atoms with Crippen LogP contribution in [0, 0.1) is 5.92 Å². The van der Waals surface area contributed by atoms with Crippen LogP contribution in [0.15, 0.2) is 18.3 Å². The Morgan fingerprint density at radius 2 is 2.24 bits per heavy atom. The van der Waals surface area contributed by atoms with E-state index in [0.29, 0.717) is 6.04 Å². The number of likely N-dealkylation sites (tertiary alicyclic amines) is 1. The third-order valence-electron chi connectivity index (χ3n) is 4.54. The normalized spacial score (nSPS) is 19.9. The standard InChI is InChI=1S/C17H26N4/c1-4-6-16-19-15-7-5-9-18-17(15)21(16)12-14-8-10-20(11-14)13(2)3/h5,7,9,13-14H,4,6,8,10-12H2,1-3H3. The predicted octanol–water partition coefficient (Wildman–Crippen LogP) is 3.11. The lowest BCUT2D eigenvalue weighted by atomic mass is 10.1. The van der Waals surface area contributed by atoms with Gasteiger partial charge >= 0.3 is 0 Å². The molecule has 0 saturated carbocycles. The first-order valence-electron chi connectivity index (χ1n) is 8.23. The topological polar surface area (TPSA) is 34.0 Å². The molecule has 0 aromatic carbocycles. The van der Waals surface area contributed by atoms with Crippen LogP contribution in [0.4, 0.5) is 0 Å². The second kappa shape index (κ2) is 6.14. The summed E-state index contributed by atoms with van der Waals surface area (Å²) in [6.45, 7) is 10.3. The van der Waals surface area contributed by atoms with E-state index < -0.39 is 0 Å². The Hall–Kier alpha value is -1.42. The smallest absolute Gasteiger partial charge is 0.159 e. The molecule has 2 aromatic heterocycles. The summed E-state index contributed by atoms with van der Waals surface area (Å²) in [5.74, 6) is 1.93. The molecule has 21 heavy (non-hydrogen) atoms. The molecular formula is C17H26N4. The van der Waals surface area contributed by atoms with Gasteiger partial charge in [0.15, 0.2) is 5.65 Å². The van der Waals surface area contributed by atoms with Crippen molar-refractivity contribution in [2.24, 2.45) is 5.92 Å². The number of hydrogen-bond acceptors (Lipinski definition) is 3. The molecule has 0 aliphatic carbocycles. The summed E-state index contributed by atoms with van der Waals surface area (Å²) in [5, 5.41) is 0. The minimum Gasteiger partial charge on any atom is -0.312 e. The summed E-state index contributed by atoms with van der Waals surface area (Å²) >= 11 is 0. The van der Waals surface area contributed by atoms with Crippen LogP contribution >= 0.6 is 0 Å². The quantitative estimate of drug-likeness (QED) is 0.847. The molecule has 1 aliphatic heterocycles. The summed E-state index contributed by atoms with van der Waals surface area (Å²) in [6, 6.07) is 4.71. The van der Waals surface area contributed by atoms with Crippen molar-refractivity contribution in [3.05, 3.63) is 24.2 Å². The van der Waals surface area contributed by atoms with Gasteiger partial charge in [0, 0.05) is 31.7 Å². The van der Waals surface area contributed by atoms with Crippen molar-refractivity contribution < 1.29 is 0 Å². The highest BCUT2D eigenvalue weighted by atomic mass is 15.2. The zero-order valence-corrected chi connectivity index (χ0v) is 13.4. The lowest BCUT2D eigenvalue weighted by molar-refractivity contribution is 0.260. The van der Waals surface area contributed by atoms with Gasteiger partial charge < -0.3 is 9.47 Å². The molecule has 3 heterocycles. The Morgan fingerprint density at radius 1 is 1.38 bits per heavy atom. The molecule has 0 spiro atoms. The first-order chi connectivity index (χ1) is 10.2. The van der Waals surface area contributed by atoms with Crippen LogP contribution in [0.5, 0.6) is 0 Å². The van der Waals surface area contributed by atoms with Gasteiger partial charge in [-0.3, -0.25) is 0 Å². The van der Waals surface area contributed by atoms with Crippen molar-refractivity contribution in [2.45, 2.75) is 52.6 Å². The van der Waals surface area contributed by atoms with Gasteiger partial charge in [0.1, 0.15) is 11.3 Å². The van der Waals surface area contributed by atoms with Gasteiger partial charge in [-0.2, -0.15) is 0 Å². The number of hydrogen-bond donors (Lipinski definition) is 0. The molecule has 1 saturated heterocycles.